The Balaban J connectivity index is 1.18. The van der Waals surface area contributed by atoms with Crippen molar-refractivity contribution in [3.63, 3.8) is 0 Å². The maximum atomic E-state index is 12.7. The van der Waals surface area contributed by atoms with Crippen LogP contribution in [0.15, 0.2) is 42.7 Å². The molecular weight excluding hydrogens is 507 g/mol. The van der Waals surface area contributed by atoms with Gasteiger partial charge in [-0.3, -0.25) is 9.59 Å². The number of rotatable bonds is 8. The quantitative estimate of drug-likeness (QED) is 0.475. The van der Waals surface area contributed by atoms with Gasteiger partial charge in [0.2, 0.25) is 11.7 Å². The first-order valence-electron chi connectivity index (χ1n) is 12.2. The molecule has 0 bridgehead atoms. The van der Waals surface area contributed by atoms with E-state index < -0.39 is 36.1 Å². The molecule has 1 aromatic heterocycles. The number of carbonyl (C=O) groups is 3. The highest BCUT2D eigenvalue weighted by atomic mass is 19.4. The molecule has 4 rings (SSSR count). The van der Waals surface area contributed by atoms with E-state index in [-0.39, 0.29) is 51.4 Å². The van der Waals surface area contributed by atoms with Gasteiger partial charge in [0, 0.05) is 45.1 Å². The summed E-state index contributed by atoms with van der Waals surface area (Å²) in [4.78, 5) is 49.6. The number of ketones is 1. The maximum absolute atomic E-state index is 12.7. The fourth-order valence-electron chi connectivity index (χ4n) is 4.32. The first kappa shape index (κ1) is 27.3. The van der Waals surface area contributed by atoms with Crippen molar-refractivity contribution in [2.75, 3.05) is 50.8 Å². The van der Waals surface area contributed by atoms with Crippen molar-refractivity contribution in [3.05, 3.63) is 53.9 Å². The van der Waals surface area contributed by atoms with E-state index >= 15 is 0 Å². The number of halogens is 3. The zero-order valence-corrected chi connectivity index (χ0v) is 20.6. The van der Waals surface area contributed by atoms with Crippen LogP contribution in [0.5, 0.6) is 0 Å². The van der Waals surface area contributed by atoms with Crippen molar-refractivity contribution in [3.8, 4) is 0 Å². The summed E-state index contributed by atoms with van der Waals surface area (Å²) >= 11 is 0. The maximum Gasteiger partial charge on any atom is 0.419 e. The summed E-state index contributed by atoms with van der Waals surface area (Å²) in [6, 6.07) is 9.09. The molecule has 0 N–H and O–H groups in total. The lowest BCUT2D eigenvalue weighted by molar-refractivity contribution is -0.147. The third-order valence-corrected chi connectivity index (χ3v) is 6.41. The van der Waals surface area contributed by atoms with Crippen molar-refractivity contribution >= 4 is 23.7 Å². The number of piperazine rings is 1. The summed E-state index contributed by atoms with van der Waals surface area (Å²) in [6.45, 7) is 1.32. The molecule has 1 atom stereocenters. The predicted molar refractivity (Wildman–Crippen MR) is 128 cm³/mol. The number of aromatic nitrogens is 2. The minimum absolute atomic E-state index is 0.110. The number of hydrogen-bond donors (Lipinski definition) is 0. The van der Waals surface area contributed by atoms with Crippen molar-refractivity contribution in [2.45, 2.75) is 31.7 Å². The van der Waals surface area contributed by atoms with Crippen LogP contribution >= 0.6 is 0 Å². The minimum Gasteiger partial charge on any atom is -0.445 e. The molecule has 0 radical (unpaired) electrons. The van der Waals surface area contributed by atoms with Crippen LogP contribution in [0.25, 0.3) is 0 Å². The van der Waals surface area contributed by atoms with E-state index in [1.165, 1.54) is 4.90 Å². The van der Waals surface area contributed by atoms with E-state index in [2.05, 4.69) is 9.97 Å². The number of ether oxygens (including phenoxy) is 2. The molecule has 13 heteroatoms. The number of carbonyl (C=O) groups excluding carboxylic acids is 3. The number of anilines is 1. The zero-order chi connectivity index (χ0) is 27.1. The molecule has 204 valence electrons. The molecule has 0 saturated carbocycles. The number of likely N-dealkylation sites (tertiary alicyclic amines) is 1. The standard InChI is InChI=1S/C25H28F3N5O5/c26-25(27,28)19-13-29-23(30-14-19)32-11-9-31(10-12-32)22(35)21(34)17-37-16-20-7-4-8-33(20)24(36)38-15-18-5-2-1-3-6-18/h1-3,5-6,13-14,20H,4,7-12,15-17H2/t20-/m0/s1. The van der Waals surface area contributed by atoms with Gasteiger partial charge in [0.25, 0.3) is 5.91 Å². The SMILES string of the molecule is O=C(COC[C@@H]1CCCN1C(=O)OCc1ccccc1)C(=O)N1CCN(c2ncc(C(F)(F)F)cn2)CC1. The highest BCUT2D eigenvalue weighted by Crippen LogP contribution is 2.28. The largest absolute Gasteiger partial charge is 0.445 e. The number of alkyl halides is 3. The van der Waals surface area contributed by atoms with Crippen molar-refractivity contribution < 1.29 is 37.0 Å². The molecule has 2 aliphatic heterocycles. The van der Waals surface area contributed by atoms with E-state index in [0.29, 0.717) is 13.0 Å². The summed E-state index contributed by atoms with van der Waals surface area (Å²) in [5, 5.41) is 0. The van der Waals surface area contributed by atoms with Crippen LogP contribution in [0.2, 0.25) is 0 Å². The molecule has 2 fully saturated rings. The third-order valence-electron chi connectivity index (χ3n) is 6.41. The second kappa shape index (κ2) is 12.2. The summed E-state index contributed by atoms with van der Waals surface area (Å²) in [7, 11) is 0. The summed E-state index contributed by atoms with van der Waals surface area (Å²) < 4.78 is 49.0. The van der Waals surface area contributed by atoms with Gasteiger partial charge in [0.05, 0.1) is 18.2 Å². The van der Waals surface area contributed by atoms with Crippen LogP contribution in [0, 0.1) is 0 Å². The Bertz CT molecular complexity index is 1110. The second-order valence-corrected chi connectivity index (χ2v) is 9.02. The van der Waals surface area contributed by atoms with Gasteiger partial charge >= 0.3 is 12.3 Å². The van der Waals surface area contributed by atoms with Gasteiger partial charge in [0.1, 0.15) is 13.2 Å². The molecule has 2 saturated heterocycles. The van der Waals surface area contributed by atoms with E-state index in [1.807, 2.05) is 30.3 Å². The van der Waals surface area contributed by atoms with Crippen molar-refractivity contribution in [1.29, 1.82) is 0 Å². The molecule has 1 aromatic carbocycles. The first-order chi connectivity index (χ1) is 18.2. The van der Waals surface area contributed by atoms with E-state index in [1.54, 1.807) is 9.80 Å². The van der Waals surface area contributed by atoms with Crippen molar-refractivity contribution in [2.24, 2.45) is 0 Å². The van der Waals surface area contributed by atoms with Gasteiger partial charge in [-0.15, -0.1) is 0 Å². The molecule has 2 aromatic rings. The van der Waals surface area contributed by atoms with Gasteiger partial charge in [-0.25, -0.2) is 14.8 Å². The Hall–Kier alpha value is -3.74. The van der Waals surface area contributed by atoms with E-state index in [0.717, 1.165) is 24.4 Å². The lowest BCUT2D eigenvalue weighted by Crippen LogP contribution is -2.51. The molecule has 3 heterocycles. The molecular formula is C25H28F3N5O5. The highest BCUT2D eigenvalue weighted by molar-refractivity contribution is 6.36. The number of hydrogen-bond acceptors (Lipinski definition) is 8. The molecule has 38 heavy (non-hydrogen) atoms. The lowest BCUT2D eigenvalue weighted by atomic mass is 10.2. The van der Waals surface area contributed by atoms with Crippen LogP contribution in [-0.2, 0) is 31.8 Å². The normalized spacial score (nSPS) is 18.0. The lowest BCUT2D eigenvalue weighted by Gasteiger charge is -2.34. The van der Waals surface area contributed by atoms with Gasteiger partial charge in [-0.05, 0) is 18.4 Å². The number of nitrogens with zero attached hydrogens (tertiary/aromatic N) is 5. The van der Waals surface area contributed by atoms with Gasteiger partial charge in [-0.1, -0.05) is 30.3 Å². The van der Waals surface area contributed by atoms with Crippen molar-refractivity contribution in [1.82, 2.24) is 19.8 Å². The number of Topliss-reactive ketones (excluding diaryl/α,β-unsaturated/α-hetero) is 1. The summed E-state index contributed by atoms with van der Waals surface area (Å²) in [6.07, 6.45) is -2.04. The fraction of sp³-hybridized carbons (Fsp3) is 0.480. The molecule has 2 aliphatic rings. The Labute approximate surface area is 217 Å². The Kier molecular flexibility index (Phi) is 8.77. The molecule has 0 unspecified atom stereocenters. The zero-order valence-electron chi connectivity index (χ0n) is 20.6. The Morgan fingerprint density at radius 2 is 1.66 bits per heavy atom. The Morgan fingerprint density at radius 3 is 2.32 bits per heavy atom. The van der Waals surface area contributed by atoms with Crippen LogP contribution in [0.3, 0.4) is 0 Å². The number of benzene rings is 1. The first-order valence-corrected chi connectivity index (χ1v) is 12.2. The fourth-order valence-corrected chi connectivity index (χ4v) is 4.32. The highest BCUT2D eigenvalue weighted by Gasteiger charge is 2.33. The second-order valence-electron chi connectivity index (χ2n) is 9.02. The molecule has 0 spiro atoms. The van der Waals surface area contributed by atoms with E-state index in [9.17, 15) is 27.6 Å². The van der Waals surface area contributed by atoms with Gasteiger partial charge in [-0.2, -0.15) is 13.2 Å². The molecule has 0 aliphatic carbocycles. The van der Waals surface area contributed by atoms with Crippen LogP contribution in [0.4, 0.5) is 23.9 Å². The van der Waals surface area contributed by atoms with Gasteiger partial charge < -0.3 is 24.2 Å². The van der Waals surface area contributed by atoms with Crippen LogP contribution in [0.1, 0.15) is 24.0 Å². The smallest absolute Gasteiger partial charge is 0.419 e. The monoisotopic (exact) mass is 535 g/mol. The van der Waals surface area contributed by atoms with Crippen LogP contribution < -0.4 is 4.90 Å². The summed E-state index contributed by atoms with van der Waals surface area (Å²) in [5.74, 6) is -1.27. The molecule has 2 amide bonds. The third kappa shape index (κ3) is 6.97. The summed E-state index contributed by atoms with van der Waals surface area (Å²) in [5.41, 5.74) is -0.0601. The predicted octanol–water partition coefficient (Wildman–Crippen LogP) is 2.53. The molecule has 10 nitrogen and oxygen atoms in total. The van der Waals surface area contributed by atoms with Crippen LogP contribution in [-0.4, -0.2) is 89.5 Å². The average Bonchev–Trinajstić information content (AvgIpc) is 3.40. The van der Waals surface area contributed by atoms with E-state index in [4.69, 9.17) is 9.47 Å². The Morgan fingerprint density at radius 1 is 0.974 bits per heavy atom. The minimum atomic E-state index is -4.52. The topological polar surface area (TPSA) is 105 Å². The van der Waals surface area contributed by atoms with Gasteiger partial charge in [0.15, 0.2) is 0 Å². The average molecular weight is 536 g/mol. The number of amides is 2.